The molecule has 0 heterocycles. The van der Waals surface area contributed by atoms with Crippen LogP contribution in [0.4, 0.5) is 0 Å². The van der Waals surface area contributed by atoms with E-state index < -0.39 is 0 Å². The molecule has 0 bridgehead atoms. The highest BCUT2D eigenvalue weighted by molar-refractivity contribution is 5.94. The lowest BCUT2D eigenvalue weighted by molar-refractivity contribution is 0.0939. The minimum Gasteiger partial charge on any atom is -0.490 e. The maximum Gasteiger partial charge on any atom is 0.251 e. The fourth-order valence-electron chi connectivity index (χ4n) is 4.01. The lowest BCUT2D eigenvalue weighted by Gasteiger charge is -2.16. The molecule has 3 aromatic rings. The lowest BCUT2D eigenvalue weighted by Crippen LogP contribution is -2.26. The van der Waals surface area contributed by atoms with Crippen LogP contribution in [-0.4, -0.2) is 12.0 Å². The van der Waals surface area contributed by atoms with Crippen molar-refractivity contribution in [3.8, 4) is 22.9 Å². The molecule has 1 unspecified atom stereocenters. The van der Waals surface area contributed by atoms with Crippen LogP contribution in [0.5, 0.6) is 5.75 Å². The maximum atomic E-state index is 12.8. The van der Waals surface area contributed by atoms with Gasteiger partial charge < -0.3 is 10.1 Å². The number of rotatable bonds is 6. The summed E-state index contributed by atoms with van der Waals surface area (Å²) in [6.45, 7) is 1.97. The molecule has 156 valence electrons. The van der Waals surface area contributed by atoms with Gasteiger partial charge in [-0.05, 0) is 79.6 Å². The zero-order chi connectivity index (χ0) is 21.6. The van der Waals surface area contributed by atoms with Crippen LogP contribution < -0.4 is 10.1 Å². The van der Waals surface area contributed by atoms with Crippen LogP contribution in [0.3, 0.4) is 0 Å². The van der Waals surface area contributed by atoms with E-state index in [0.29, 0.717) is 11.1 Å². The standard InChI is InChI=1S/C27H26N2O2/c1-19(21-12-14-22(15-13-21)23-7-4-6-20(16-23)18-28)29-27(30)24-8-5-11-26(17-24)31-25-9-2-3-10-25/h4-8,11-17,19,25H,2-3,9-10H2,1H3,(H,29,30). The number of ether oxygens (including phenoxy) is 1. The van der Waals surface area contributed by atoms with Gasteiger partial charge in [-0.25, -0.2) is 0 Å². The number of benzene rings is 3. The Hall–Kier alpha value is -3.58. The van der Waals surface area contributed by atoms with Crippen molar-refractivity contribution in [1.82, 2.24) is 5.32 Å². The molecular weight excluding hydrogens is 384 g/mol. The monoisotopic (exact) mass is 410 g/mol. The second-order valence-corrected chi connectivity index (χ2v) is 8.06. The molecule has 0 aromatic heterocycles. The highest BCUT2D eigenvalue weighted by Gasteiger charge is 2.17. The zero-order valence-corrected chi connectivity index (χ0v) is 17.7. The Morgan fingerprint density at radius 2 is 1.74 bits per heavy atom. The second kappa shape index (κ2) is 9.49. The van der Waals surface area contributed by atoms with Crippen LogP contribution in [0, 0.1) is 11.3 Å². The molecule has 0 aliphatic heterocycles. The third kappa shape index (κ3) is 5.13. The fourth-order valence-corrected chi connectivity index (χ4v) is 4.01. The Balaban J connectivity index is 1.41. The molecule has 4 heteroatoms. The van der Waals surface area contributed by atoms with E-state index in [4.69, 9.17) is 10.00 Å². The predicted octanol–water partition coefficient (Wildman–Crippen LogP) is 6.04. The number of amides is 1. The summed E-state index contributed by atoms with van der Waals surface area (Å²) >= 11 is 0. The van der Waals surface area contributed by atoms with E-state index in [1.165, 1.54) is 12.8 Å². The van der Waals surface area contributed by atoms with E-state index in [0.717, 1.165) is 35.3 Å². The average molecular weight is 411 g/mol. The molecule has 31 heavy (non-hydrogen) atoms. The van der Waals surface area contributed by atoms with Gasteiger partial charge in [0.25, 0.3) is 5.91 Å². The van der Waals surface area contributed by atoms with Gasteiger partial charge in [-0.3, -0.25) is 4.79 Å². The molecule has 4 nitrogen and oxygen atoms in total. The Labute approximate surface area is 183 Å². The minimum atomic E-state index is -0.133. The van der Waals surface area contributed by atoms with E-state index in [2.05, 4.69) is 11.4 Å². The average Bonchev–Trinajstić information content (AvgIpc) is 3.32. The molecule has 1 atom stereocenters. The molecule has 1 fully saturated rings. The Morgan fingerprint density at radius 1 is 1.00 bits per heavy atom. The van der Waals surface area contributed by atoms with Crippen molar-refractivity contribution in [2.24, 2.45) is 0 Å². The van der Waals surface area contributed by atoms with Crippen molar-refractivity contribution in [3.05, 3.63) is 89.5 Å². The van der Waals surface area contributed by atoms with Crippen molar-refractivity contribution in [2.75, 3.05) is 0 Å². The van der Waals surface area contributed by atoms with Crippen molar-refractivity contribution in [1.29, 1.82) is 5.26 Å². The molecule has 3 aromatic carbocycles. The molecule has 1 saturated carbocycles. The van der Waals surface area contributed by atoms with E-state index >= 15 is 0 Å². The molecule has 0 spiro atoms. The van der Waals surface area contributed by atoms with Gasteiger partial charge in [-0.1, -0.05) is 42.5 Å². The predicted molar refractivity (Wildman–Crippen MR) is 122 cm³/mol. The van der Waals surface area contributed by atoms with Gasteiger partial charge in [0.15, 0.2) is 0 Å². The summed E-state index contributed by atoms with van der Waals surface area (Å²) in [6, 6.07) is 25.1. The Bertz CT molecular complexity index is 1090. The molecule has 1 amide bonds. The number of nitrogens with one attached hydrogen (secondary N) is 1. The smallest absolute Gasteiger partial charge is 0.251 e. The first-order chi connectivity index (χ1) is 15.1. The molecule has 1 aliphatic carbocycles. The van der Waals surface area contributed by atoms with Crippen LogP contribution in [0.2, 0.25) is 0 Å². The minimum absolute atomic E-state index is 0.116. The number of carbonyl (C=O) groups excluding carboxylic acids is 1. The number of hydrogen-bond acceptors (Lipinski definition) is 3. The van der Waals surface area contributed by atoms with E-state index in [-0.39, 0.29) is 18.1 Å². The summed E-state index contributed by atoms with van der Waals surface area (Å²) < 4.78 is 6.03. The van der Waals surface area contributed by atoms with Crippen LogP contribution >= 0.6 is 0 Å². The summed E-state index contributed by atoms with van der Waals surface area (Å²) in [6.07, 6.45) is 4.87. The summed E-state index contributed by atoms with van der Waals surface area (Å²) in [4.78, 5) is 12.8. The summed E-state index contributed by atoms with van der Waals surface area (Å²) in [7, 11) is 0. The van der Waals surface area contributed by atoms with Gasteiger partial charge in [0, 0.05) is 5.56 Å². The van der Waals surface area contributed by atoms with Crippen molar-refractivity contribution in [3.63, 3.8) is 0 Å². The SMILES string of the molecule is CC(NC(=O)c1cccc(OC2CCCC2)c1)c1ccc(-c2cccc(C#N)c2)cc1. The summed E-state index contributed by atoms with van der Waals surface area (Å²) in [5.74, 6) is 0.645. The zero-order valence-electron chi connectivity index (χ0n) is 17.7. The van der Waals surface area contributed by atoms with Gasteiger partial charge in [0.2, 0.25) is 0 Å². The van der Waals surface area contributed by atoms with Gasteiger partial charge >= 0.3 is 0 Å². The van der Waals surface area contributed by atoms with Gasteiger partial charge in [0.05, 0.1) is 23.8 Å². The molecular formula is C27H26N2O2. The van der Waals surface area contributed by atoms with Crippen molar-refractivity contribution >= 4 is 5.91 Å². The molecule has 1 N–H and O–H groups in total. The van der Waals surface area contributed by atoms with Crippen LogP contribution in [-0.2, 0) is 0 Å². The topological polar surface area (TPSA) is 62.1 Å². The highest BCUT2D eigenvalue weighted by atomic mass is 16.5. The lowest BCUT2D eigenvalue weighted by atomic mass is 10.00. The van der Waals surface area contributed by atoms with Gasteiger partial charge in [-0.15, -0.1) is 0 Å². The van der Waals surface area contributed by atoms with Crippen LogP contribution in [0.25, 0.3) is 11.1 Å². The Kier molecular flexibility index (Phi) is 6.33. The maximum absolute atomic E-state index is 12.8. The first-order valence-electron chi connectivity index (χ1n) is 10.8. The van der Waals surface area contributed by atoms with E-state index in [1.807, 2.05) is 73.7 Å². The third-order valence-corrected chi connectivity index (χ3v) is 5.78. The van der Waals surface area contributed by atoms with E-state index in [1.54, 1.807) is 6.07 Å². The molecule has 0 radical (unpaired) electrons. The first-order valence-corrected chi connectivity index (χ1v) is 10.8. The number of carbonyl (C=O) groups is 1. The molecule has 4 rings (SSSR count). The number of nitrogens with zero attached hydrogens (tertiary/aromatic N) is 1. The molecule has 0 saturated heterocycles. The van der Waals surface area contributed by atoms with Crippen LogP contribution in [0.1, 0.15) is 60.1 Å². The summed E-state index contributed by atoms with van der Waals surface area (Å²) in [5, 5.41) is 12.2. The van der Waals surface area contributed by atoms with Crippen LogP contribution in [0.15, 0.2) is 72.8 Å². The largest absolute Gasteiger partial charge is 0.490 e. The normalized spacial score (nSPS) is 14.6. The van der Waals surface area contributed by atoms with Gasteiger partial charge in [-0.2, -0.15) is 5.26 Å². The van der Waals surface area contributed by atoms with E-state index in [9.17, 15) is 4.79 Å². The van der Waals surface area contributed by atoms with Crippen molar-refractivity contribution in [2.45, 2.75) is 44.8 Å². The highest BCUT2D eigenvalue weighted by Crippen LogP contribution is 2.26. The van der Waals surface area contributed by atoms with Gasteiger partial charge in [0.1, 0.15) is 5.75 Å². The van der Waals surface area contributed by atoms with Crippen molar-refractivity contribution < 1.29 is 9.53 Å². The summed E-state index contributed by atoms with van der Waals surface area (Å²) in [5.41, 5.74) is 4.30. The quantitative estimate of drug-likeness (QED) is 0.539. The second-order valence-electron chi connectivity index (χ2n) is 8.06. The number of hydrogen-bond donors (Lipinski definition) is 1. The fraction of sp³-hybridized carbons (Fsp3) is 0.259. The molecule has 1 aliphatic rings. The number of nitriles is 1. The third-order valence-electron chi connectivity index (χ3n) is 5.78. The first kappa shape index (κ1) is 20.7. The Morgan fingerprint density at radius 3 is 2.48 bits per heavy atom.